The fourth-order valence-corrected chi connectivity index (χ4v) is 2.03. The summed E-state index contributed by atoms with van der Waals surface area (Å²) in [7, 11) is 0. The lowest BCUT2D eigenvalue weighted by Gasteiger charge is -2.08. The van der Waals surface area contributed by atoms with Gasteiger partial charge in [0, 0.05) is 10.2 Å². The zero-order valence-electron chi connectivity index (χ0n) is 11.4. The van der Waals surface area contributed by atoms with Crippen LogP contribution in [0.3, 0.4) is 0 Å². The lowest BCUT2D eigenvalue weighted by molar-refractivity contribution is -0.116. The summed E-state index contributed by atoms with van der Waals surface area (Å²) < 4.78 is 6.48. The molecule has 0 aliphatic carbocycles. The number of ether oxygens (including phenoxy) is 1. The highest BCUT2D eigenvalue weighted by atomic mass is 79.9. The van der Waals surface area contributed by atoms with Crippen molar-refractivity contribution in [2.45, 2.75) is 13.0 Å². The van der Waals surface area contributed by atoms with Crippen molar-refractivity contribution in [3.8, 4) is 5.75 Å². The number of carbonyl (C=O) groups excluding carboxylic acids is 1. The van der Waals surface area contributed by atoms with E-state index in [0.717, 1.165) is 15.8 Å². The number of hydrogen-bond acceptors (Lipinski definition) is 3. The summed E-state index contributed by atoms with van der Waals surface area (Å²) >= 11 is 3.35. The number of halogens is 1. The van der Waals surface area contributed by atoms with Crippen molar-refractivity contribution in [1.82, 2.24) is 0 Å². The van der Waals surface area contributed by atoms with Crippen molar-refractivity contribution in [1.29, 1.82) is 0 Å². The summed E-state index contributed by atoms with van der Waals surface area (Å²) in [6.07, 6.45) is 0.263. The van der Waals surface area contributed by atoms with Crippen molar-refractivity contribution in [2.75, 3.05) is 11.9 Å². The number of benzene rings is 2. The average molecular weight is 350 g/mol. The van der Waals surface area contributed by atoms with Crippen LogP contribution in [0, 0.1) is 0 Å². The van der Waals surface area contributed by atoms with Gasteiger partial charge in [-0.3, -0.25) is 4.79 Å². The quantitative estimate of drug-likeness (QED) is 0.840. The zero-order valence-corrected chi connectivity index (χ0v) is 13.0. The Morgan fingerprint density at radius 2 is 1.95 bits per heavy atom. The molecule has 0 bridgehead atoms. The molecule has 1 amide bonds. The minimum Gasteiger partial charge on any atom is -0.493 e. The first kappa shape index (κ1) is 15.5. The number of rotatable bonds is 6. The molecule has 110 valence electrons. The normalized spacial score (nSPS) is 10.2. The van der Waals surface area contributed by atoms with Gasteiger partial charge in [0.25, 0.3) is 0 Å². The van der Waals surface area contributed by atoms with E-state index in [-0.39, 0.29) is 18.9 Å². The minimum absolute atomic E-state index is 0.0452. The first-order chi connectivity index (χ1) is 10.2. The molecule has 0 spiro atoms. The van der Waals surface area contributed by atoms with Gasteiger partial charge in [0.15, 0.2) is 0 Å². The molecule has 0 heterocycles. The molecule has 0 aromatic heterocycles. The SMILES string of the molecule is O=C(CCOc1ccc(Br)cc1)Nc1cccc(CO)c1. The van der Waals surface area contributed by atoms with Gasteiger partial charge in [-0.25, -0.2) is 0 Å². The molecular weight excluding hydrogens is 334 g/mol. The molecule has 0 fully saturated rings. The van der Waals surface area contributed by atoms with Gasteiger partial charge >= 0.3 is 0 Å². The number of hydrogen-bond donors (Lipinski definition) is 2. The minimum atomic E-state index is -0.123. The molecule has 4 nitrogen and oxygen atoms in total. The molecular formula is C16H16BrNO3. The molecule has 0 saturated carbocycles. The largest absolute Gasteiger partial charge is 0.493 e. The summed E-state index contributed by atoms with van der Waals surface area (Å²) in [6.45, 7) is 0.267. The highest BCUT2D eigenvalue weighted by Crippen LogP contribution is 2.16. The van der Waals surface area contributed by atoms with Gasteiger partial charge < -0.3 is 15.2 Å². The van der Waals surface area contributed by atoms with Crippen LogP contribution in [0.15, 0.2) is 53.0 Å². The molecule has 0 atom stereocenters. The molecule has 0 saturated heterocycles. The van der Waals surface area contributed by atoms with Crippen LogP contribution in [0.4, 0.5) is 5.69 Å². The van der Waals surface area contributed by atoms with Crippen molar-refractivity contribution in [2.24, 2.45) is 0 Å². The molecule has 2 N–H and O–H groups in total. The monoisotopic (exact) mass is 349 g/mol. The van der Waals surface area contributed by atoms with E-state index in [2.05, 4.69) is 21.2 Å². The third-order valence-corrected chi connectivity index (χ3v) is 3.33. The Morgan fingerprint density at radius 3 is 2.67 bits per heavy atom. The van der Waals surface area contributed by atoms with E-state index >= 15 is 0 Å². The Bertz CT molecular complexity index is 599. The third-order valence-electron chi connectivity index (χ3n) is 2.80. The van der Waals surface area contributed by atoms with Crippen molar-refractivity contribution < 1.29 is 14.6 Å². The molecule has 0 unspecified atom stereocenters. The van der Waals surface area contributed by atoms with Gasteiger partial charge in [0.2, 0.25) is 5.91 Å². The summed E-state index contributed by atoms with van der Waals surface area (Å²) in [4.78, 5) is 11.8. The van der Waals surface area contributed by atoms with Gasteiger partial charge in [-0.15, -0.1) is 0 Å². The van der Waals surface area contributed by atoms with Gasteiger partial charge in [-0.05, 0) is 42.0 Å². The van der Waals surface area contributed by atoms with E-state index in [4.69, 9.17) is 9.84 Å². The van der Waals surface area contributed by atoms with E-state index in [0.29, 0.717) is 12.3 Å². The Morgan fingerprint density at radius 1 is 1.19 bits per heavy atom. The number of nitrogens with one attached hydrogen (secondary N) is 1. The number of anilines is 1. The van der Waals surface area contributed by atoms with Crippen molar-refractivity contribution in [3.63, 3.8) is 0 Å². The Balaban J connectivity index is 1.78. The maximum atomic E-state index is 11.8. The van der Waals surface area contributed by atoms with Crippen LogP contribution < -0.4 is 10.1 Å². The lowest BCUT2D eigenvalue weighted by Crippen LogP contribution is -2.15. The van der Waals surface area contributed by atoms with Crippen LogP contribution in [0.1, 0.15) is 12.0 Å². The van der Waals surface area contributed by atoms with Crippen LogP contribution in [0.2, 0.25) is 0 Å². The Labute approximate surface area is 131 Å². The highest BCUT2D eigenvalue weighted by molar-refractivity contribution is 9.10. The van der Waals surface area contributed by atoms with Gasteiger partial charge in [0.05, 0.1) is 19.6 Å². The Hall–Kier alpha value is -1.85. The van der Waals surface area contributed by atoms with Crippen LogP contribution in [-0.2, 0) is 11.4 Å². The first-order valence-corrected chi connectivity index (χ1v) is 7.34. The van der Waals surface area contributed by atoms with Crippen LogP contribution in [0.25, 0.3) is 0 Å². The maximum absolute atomic E-state index is 11.8. The molecule has 2 rings (SSSR count). The van der Waals surface area contributed by atoms with Gasteiger partial charge in [-0.2, -0.15) is 0 Å². The van der Waals surface area contributed by atoms with E-state index in [9.17, 15) is 4.79 Å². The number of amides is 1. The van der Waals surface area contributed by atoms with Crippen molar-refractivity contribution in [3.05, 3.63) is 58.6 Å². The average Bonchev–Trinajstić information content (AvgIpc) is 2.49. The summed E-state index contributed by atoms with van der Waals surface area (Å²) in [5, 5.41) is 11.8. The highest BCUT2D eigenvalue weighted by Gasteiger charge is 2.04. The molecule has 0 aliphatic rings. The van der Waals surface area contributed by atoms with E-state index in [1.807, 2.05) is 24.3 Å². The smallest absolute Gasteiger partial charge is 0.227 e. The molecule has 0 aliphatic heterocycles. The number of aliphatic hydroxyl groups is 1. The van der Waals surface area contributed by atoms with E-state index in [1.54, 1.807) is 24.3 Å². The summed E-state index contributed by atoms with van der Waals surface area (Å²) in [5.41, 5.74) is 1.44. The third kappa shape index (κ3) is 5.21. The van der Waals surface area contributed by atoms with E-state index < -0.39 is 0 Å². The maximum Gasteiger partial charge on any atom is 0.227 e. The Kier molecular flexibility index (Phi) is 5.78. The molecule has 5 heteroatoms. The number of carbonyl (C=O) groups is 1. The van der Waals surface area contributed by atoms with Crippen LogP contribution >= 0.6 is 15.9 Å². The first-order valence-electron chi connectivity index (χ1n) is 6.55. The second kappa shape index (κ2) is 7.81. The van der Waals surface area contributed by atoms with E-state index in [1.165, 1.54) is 0 Å². The lowest BCUT2D eigenvalue weighted by atomic mass is 10.2. The second-order valence-corrected chi connectivity index (χ2v) is 5.37. The van der Waals surface area contributed by atoms with Crippen LogP contribution in [-0.4, -0.2) is 17.6 Å². The zero-order chi connectivity index (χ0) is 15.1. The predicted octanol–water partition coefficient (Wildman–Crippen LogP) is 3.35. The van der Waals surface area contributed by atoms with Gasteiger partial charge in [-0.1, -0.05) is 28.1 Å². The predicted molar refractivity (Wildman–Crippen MR) is 85.2 cm³/mol. The summed E-state index contributed by atoms with van der Waals surface area (Å²) in [6, 6.07) is 14.6. The fraction of sp³-hybridized carbons (Fsp3) is 0.188. The standard InChI is InChI=1S/C16H16BrNO3/c17-13-4-6-15(7-5-13)21-9-8-16(20)18-14-3-1-2-12(10-14)11-19/h1-7,10,19H,8-9,11H2,(H,18,20). The topological polar surface area (TPSA) is 58.6 Å². The molecule has 21 heavy (non-hydrogen) atoms. The van der Waals surface area contributed by atoms with Crippen molar-refractivity contribution >= 4 is 27.5 Å². The molecule has 0 radical (unpaired) electrons. The summed E-state index contributed by atoms with van der Waals surface area (Å²) in [5.74, 6) is 0.607. The fourth-order valence-electron chi connectivity index (χ4n) is 1.76. The second-order valence-electron chi connectivity index (χ2n) is 4.46. The number of aliphatic hydroxyl groups excluding tert-OH is 1. The molecule has 2 aromatic rings. The molecule has 2 aromatic carbocycles. The van der Waals surface area contributed by atoms with Crippen LogP contribution in [0.5, 0.6) is 5.75 Å². The van der Waals surface area contributed by atoms with Gasteiger partial charge in [0.1, 0.15) is 5.75 Å².